The molecule has 0 unspecified atom stereocenters. The first kappa shape index (κ1) is 14.8. The molecule has 7 heteroatoms. The molecule has 4 heterocycles. The summed E-state index contributed by atoms with van der Waals surface area (Å²) >= 11 is 0. The monoisotopic (exact) mass is 323 g/mol. The highest BCUT2D eigenvalue weighted by molar-refractivity contribution is 5.77. The van der Waals surface area contributed by atoms with Gasteiger partial charge in [-0.05, 0) is 19.1 Å². The van der Waals surface area contributed by atoms with Gasteiger partial charge in [-0.2, -0.15) is 0 Å². The first-order valence-electron chi connectivity index (χ1n) is 7.84. The quantitative estimate of drug-likeness (QED) is 0.732. The van der Waals surface area contributed by atoms with E-state index in [1.54, 1.807) is 6.20 Å². The van der Waals surface area contributed by atoms with Gasteiger partial charge >= 0.3 is 0 Å². The minimum atomic E-state index is 0.653. The Bertz CT molecular complexity index is 825. The van der Waals surface area contributed by atoms with Crippen LogP contribution in [0.3, 0.4) is 0 Å². The van der Waals surface area contributed by atoms with Gasteiger partial charge in [-0.25, -0.2) is 15.0 Å². The molecule has 3 aromatic heterocycles. The van der Waals surface area contributed by atoms with E-state index < -0.39 is 0 Å². The molecule has 1 aliphatic rings. The van der Waals surface area contributed by atoms with E-state index in [0.717, 1.165) is 54.6 Å². The summed E-state index contributed by atoms with van der Waals surface area (Å²) in [7, 11) is 0. The molecule has 3 aromatic rings. The molecule has 122 valence electrons. The Kier molecular flexibility index (Phi) is 3.92. The molecule has 0 radical (unpaired) electrons. The van der Waals surface area contributed by atoms with Crippen LogP contribution in [-0.4, -0.2) is 46.4 Å². The second-order valence-corrected chi connectivity index (χ2v) is 5.62. The fourth-order valence-electron chi connectivity index (χ4n) is 2.74. The van der Waals surface area contributed by atoms with Crippen LogP contribution in [0.2, 0.25) is 0 Å². The van der Waals surface area contributed by atoms with Gasteiger partial charge in [0.25, 0.3) is 0 Å². The third-order valence-corrected chi connectivity index (χ3v) is 3.96. The molecule has 1 saturated heterocycles. The number of ether oxygens (including phenoxy) is 1. The molecule has 0 aliphatic carbocycles. The van der Waals surface area contributed by atoms with Crippen molar-refractivity contribution < 1.29 is 9.26 Å². The molecule has 0 atom stereocenters. The summed E-state index contributed by atoms with van der Waals surface area (Å²) < 4.78 is 10.7. The average molecular weight is 323 g/mol. The molecular formula is C17H17N5O2. The van der Waals surface area contributed by atoms with Crippen molar-refractivity contribution in [3.63, 3.8) is 0 Å². The zero-order valence-corrected chi connectivity index (χ0v) is 13.3. The summed E-state index contributed by atoms with van der Waals surface area (Å²) in [6.07, 6.45) is 5.09. The number of aryl methyl sites for hydroxylation is 1. The largest absolute Gasteiger partial charge is 0.378 e. The number of hydrogen-bond acceptors (Lipinski definition) is 7. The van der Waals surface area contributed by atoms with Gasteiger partial charge in [0.05, 0.1) is 30.2 Å². The highest BCUT2D eigenvalue weighted by Crippen LogP contribution is 2.30. The maximum absolute atomic E-state index is 5.38. The van der Waals surface area contributed by atoms with Crippen LogP contribution in [0.25, 0.3) is 22.6 Å². The summed E-state index contributed by atoms with van der Waals surface area (Å²) in [6, 6.07) is 5.91. The van der Waals surface area contributed by atoms with Gasteiger partial charge in [-0.1, -0.05) is 5.16 Å². The molecule has 0 saturated carbocycles. The Labute approximate surface area is 139 Å². The average Bonchev–Trinajstić information content (AvgIpc) is 3.09. The lowest BCUT2D eigenvalue weighted by atomic mass is 10.1. The van der Waals surface area contributed by atoms with Crippen LogP contribution in [0, 0.1) is 6.92 Å². The standard InChI is InChI=1S/C17H17N5O2/c1-12-8-15(24-21-12)14-10-18-11-20-17(14)13-2-3-16(19-9-13)22-4-6-23-7-5-22/h2-3,8-11H,4-7H2,1H3. The van der Waals surface area contributed by atoms with E-state index in [1.807, 2.05) is 31.3 Å². The maximum Gasteiger partial charge on any atom is 0.170 e. The van der Waals surface area contributed by atoms with E-state index in [0.29, 0.717) is 5.76 Å². The van der Waals surface area contributed by atoms with Crippen LogP contribution in [0.4, 0.5) is 5.82 Å². The summed E-state index contributed by atoms with van der Waals surface area (Å²) in [4.78, 5) is 15.3. The van der Waals surface area contributed by atoms with Gasteiger partial charge in [0, 0.05) is 37.1 Å². The lowest BCUT2D eigenvalue weighted by Crippen LogP contribution is -2.36. The number of anilines is 1. The van der Waals surface area contributed by atoms with Gasteiger partial charge in [0.15, 0.2) is 5.76 Å². The predicted octanol–water partition coefficient (Wildman–Crippen LogP) is 2.34. The van der Waals surface area contributed by atoms with Gasteiger partial charge in [-0.3, -0.25) is 0 Å². The van der Waals surface area contributed by atoms with Crippen molar-refractivity contribution in [2.45, 2.75) is 6.92 Å². The fourth-order valence-corrected chi connectivity index (χ4v) is 2.74. The molecule has 0 spiro atoms. The molecule has 0 amide bonds. The van der Waals surface area contributed by atoms with E-state index in [2.05, 4.69) is 25.0 Å². The van der Waals surface area contributed by atoms with Crippen LogP contribution in [-0.2, 0) is 4.74 Å². The molecule has 4 rings (SSSR count). The Hall–Kier alpha value is -2.80. The SMILES string of the molecule is Cc1cc(-c2cncnc2-c2ccc(N3CCOCC3)nc2)on1. The van der Waals surface area contributed by atoms with Gasteiger partial charge < -0.3 is 14.2 Å². The van der Waals surface area contributed by atoms with Crippen molar-refractivity contribution in [2.24, 2.45) is 0 Å². The lowest BCUT2D eigenvalue weighted by Gasteiger charge is -2.27. The second kappa shape index (κ2) is 6.37. The molecule has 24 heavy (non-hydrogen) atoms. The van der Waals surface area contributed by atoms with E-state index >= 15 is 0 Å². The third-order valence-electron chi connectivity index (χ3n) is 3.96. The molecule has 7 nitrogen and oxygen atoms in total. The summed E-state index contributed by atoms with van der Waals surface area (Å²) in [5.74, 6) is 1.61. The van der Waals surface area contributed by atoms with Crippen LogP contribution in [0.15, 0.2) is 41.4 Å². The summed E-state index contributed by atoms with van der Waals surface area (Å²) in [5.41, 5.74) is 3.32. The van der Waals surface area contributed by atoms with Gasteiger partial charge in [0.1, 0.15) is 12.1 Å². The minimum absolute atomic E-state index is 0.653. The molecule has 0 N–H and O–H groups in total. The third kappa shape index (κ3) is 2.85. The van der Waals surface area contributed by atoms with Gasteiger partial charge in [-0.15, -0.1) is 0 Å². The Morgan fingerprint density at radius 3 is 2.67 bits per heavy atom. The number of hydrogen-bond donors (Lipinski definition) is 0. The normalized spacial score (nSPS) is 14.8. The summed E-state index contributed by atoms with van der Waals surface area (Å²) in [5, 5.41) is 3.94. The van der Waals surface area contributed by atoms with E-state index in [9.17, 15) is 0 Å². The van der Waals surface area contributed by atoms with Gasteiger partial charge in [0.2, 0.25) is 0 Å². The minimum Gasteiger partial charge on any atom is -0.378 e. The van der Waals surface area contributed by atoms with Crippen LogP contribution in [0.5, 0.6) is 0 Å². The van der Waals surface area contributed by atoms with E-state index in [-0.39, 0.29) is 0 Å². The first-order valence-corrected chi connectivity index (χ1v) is 7.84. The molecule has 1 aliphatic heterocycles. The molecule has 0 aromatic carbocycles. The fraction of sp³-hybridized carbons (Fsp3) is 0.294. The van der Waals surface area contributed by atoms with Crippen molar-refractivity contribution in [3.8, 4) is 22.6 Å². The number of aromatic nitrogens is 4. The molecule has 1 fully saturated rings. The number of rotatable bonds is 3. The van der Waals surface area contributed by atoms with Crippen molar-refractivity contribution in [1.82, 2.24) is 20.1 Å². The van der Waals surface area contributed by atoms with Crippen LogP contribution < -0.4 is 4.90 Å². The Morgan fingerprint density at radius 1 is 1.08 bits per heavy atom. The smallest absolute Gasteiger partial charge is 0.170 e. The van der Waals surface area contributed by atoms with E-state index in [1.165, 1.54) is 6.33 Å². The highest BCUT2D eigenvalue weighted by atomic mass is 16.5. The summed E-state index contributed by atoms with van der Waals surface area (Å²) in [6.45, 7) is 5.09. The number of pyridine rings is 1. The van der Waals surface area contributed by atoms with Crippen molar-refractivity contribution in [2.75, 3.05) is 31.2 Å². The van der Waals surface area contributed by atoms with Crippen molar-refractivity contribution in [1.29, 1.82) is 0 Å². The van der Waals surface area contributed by atoms with Crippen LogP contribution in [0.1, 0.15) is 5.69 Å². The number of morpholine rings is 1. The topological polar surface area (TPSA) is 77.2 Å². The Morgan fingerprint density at radius 2 is 1.96 bits per heavy atom. The zero-order chi connectivity index (χ0) is 16.4. The number of nitrogens with zero attached hydrogens (tertiary/aromatic N) is 5. The van der Waals surface area contributed by atoms with Crippen molar-refractivity contribution >= 4 is 5.82 Å². The zero-order valence-electron chi connectivity index (χ0n) is 13.3. The second-order valence-electron chi connectivity index (χ2n) is 5.62. The predicted molar refractivity (Wildman–Crippen MR) is 88.5 cm³/mol. The van der Waals surface area contributed by atoms with E-state index in [4.69, 9.17) is 9.26 Å². The van der Waals surface area contributed by atoms with Crippen molar-refractivity contribution in [3.05, 3.63) is 42.6 Å². The first-order chi connectivity index (χ1) is 11.8. The molecular weight excluding hydrogens is 306 g/mol. The van der Waals surface area contributed by atoms with Crippen LogP contribution >= 0.6 is 0 Å². The maximum atomic E-state index is 5.38. The Balaban J connectivity index is 1.67. The highest BCUT2D eigenvalue weighted by Gasteiger charge is 2.15. The lowest BCUT2D eigenvalue weighted by molar-refractivity contribution is 0.122. The molecule has 0 bridgehead atoms.